The molecule has 0 spiro atoms. The average molecular weight is 188 g/mol. The predicted molar refractivity (Wildman–Crippen MR) is 50.8 cm³/mol. The normalized spacial score (nSPS) is 11.7. The van der Waals surface area contributed by atoms with Gasteiger partial charge in [0.05, 0.1) is 15.2 Å². The largest absolute Gasteiger partial charge is 0.508 e. The van der Waals surface area contributed by atoms with Crippen molar-refractivity contribution in [2.45, 2.75) is 19.6 Å². The van der Waals surface area contributed by atoms with E-state index in [-0.39, 0.29) is 0 Å². The lowest BCUT2D eigenvalue weighted by Crippen LogP contribution is -2.16. The van der Waals surface area contributed by atoms with E-state index in [9.17, 15) is 4.79 Å². The van der Waals surface area contributed by atoms with Crippen LogP contribution in [0.1, 0.15) is 0 Å². The van der Waals surface area contributed by atoms with Gasteiger partial charge in [-0.1, -0.05) is 31.4 Å². The van der Waals surface area contributed by atoms with Gasteiger partial charge in [0.1, 0.15) is 6.61 Å². The summed E-state index contributed by atoms with van der Waals surface area (Å²) in [6.45, 7) is 6.93. The van der Waals surface area contributed by atoms with Crippen LogP contribution in [0.25, 0.3) is 0 Å². The molecule has 0 saturated heterocycles. The number of hydrogen-bond donors (Lipinski definition) is 0. The molecule has 0 bridgehead atoms. The minimum Gasteiger partial charge on any atom is -0.438 e. The van der Waals surface area contributed by atoms with Crippen molar-refractivity contribution in [2.75, 3.05) is 13.7 Å². The fourth-order valence-electron chi connectivity index (χ4n) is 0.577. The zero-order valence-electron chi connectivity index (χ0n) is 8.09. The molecule has 0 aliphatic carbocycles. The third-order valence-corrected chi connectivity index (χ3v) is 2.32. The summed E-state index contributed by atoms with van der Waals surface area (Å²) in [6.07, 6.45) is 1.23. The molecule has 12 heavy (non-hydrogen) atoms. The summed E-state index contributed by atoms with van der Waals surface area (Å²) in [5.74, 6) is 0. The molecule has 3 nitrogen and oxygen atoms in total. The van der Waals surface area contributed by atoms with Crippen LogP contribution in [0.3, 0.4) is 0 Å². The van der Waals surface area contributed by atoms with Crippen LogP contribution < -0.4 is 0 Å². The Hall–Kier alpha value is -0.773. The molecule has 0 unspecified atom stereocenters. The highest BCUT2D eigenvalue weighted by Gasteiger charge is 2.06. The van der Waals surface area contributed by atoms with Gasteiger partial charge in [0, 0.05) is 0 Å². The highest BCUT2D eigenvalue weighted by molar-refractivity contribution is 6.80. The van der Waals surface area contributed by atoms with E-state index in [2.05, 4.69) is 34.8 Å². The molecule has 0 aromatic rings. The number of hydrogen-bond acceptors (Lipinski definition) is 3. The topological polar surface area (TPSA) is 35.5 Å². The zero-order valence-corrected chi connectivity index (χ0v) is 9.09. The Morgan fingerprint density at radius 1 is 1.42 bits per heavy atom. The third kappa shape index (κ3) is 7.34. The van der Waals surface area contributed by atoms with Gasteiger partial charge in [0.25, 0.3) is 0 Å². The second-order valence-corrected chi connectivity index (χ2v) is 8.60. The Labute approximate surface area is 74.4 Å². The molecule has 0 amide bonds. The van der Waals surface area contributed by atoms with Gasteiger partial charge in [-0.3, -0.25) is 0 Å². The van der Waals surface area contributed by atoms with E-state index in [1.165, 1.54) is 7.11 Å². The lowest BCUT2D eigenvalue weighted by Gasteiger charge is -2.07. The zero-order chi connectivity index (χ0) is 9.61. The van der Waals surface area contributed by atoms with E-state index < -0.39 is 14.2 Å². The van der Waals surface area contributed by atoms with Crippen LogP contribution in [0.5, 0.6) is 0 Å². The molecular formula is C8H16O3Si. The van der Waals surface area contributed by atoms with Crippen molar-refractivity contribution in [2.24, 2.45) is 0 Å². The summed E-state index contributed by atoms with van der Waals surface area (Å²) in [6, 6.07) is 0. The van der Waals surface area contributed by atoms with E-state index >= 15 is 0 Å². The molecule has 0 aliphatic rings. The second-order valence-electron chi connectivity index (χ2n) is 3.53. The number of ether oxygens (including phenoxy) is 2. The molecule has 0 N–H and O–H groups in total. The molecule has 0 aromatic carbocycles. The molecule has 0 saturated carbocycles. The monoisotopic (exact) mass is 188 g/mol. The van der Waals surface area contributed by atoms with E-state index in [1.807, 2.05) is 6.08 Å². The summed E-state index contributed by atoms with van der Waals surface area (Å²) < 4.78 is 8.96. The van der Waals surface area contributed by atoms with Gasteiger partial charge in [0.15, 0.2) is 0 Å². The fraction of sp³-hybridized carbons (Fsp3) is 0.625. The first-order valence-electron chi connectivity index (χ1n) is 3.84. The lowest BCUT2D eigenvalue weighted by molar-refractivity contribution is 0.0818. The Bertz CT molecular complexity index is 170. The van der Waals surface area contributed by atoms with E-state index in [1.54, 1.807) is 0 Å². The van der Waals surface area contributed by atoms with Crippen LogP contribution in [-0.4, -0.2) is 27.9 Å². The smallest absolute Gasteiger partial charge is 0.438 e. The number of methoxy groups -OCH3 is 1. The number of carbonyl (C=O) groups excluding carboxylic acids is 1. The van der Waals surface area contributed by atoms with Gasteiger partial charge in [-0.15, -0.1) is 0 Å². The summed E-state index contributed by atoms with van der Waals surface area (Å²) >= 11 is 0. The molecule has 4 heteroatoms. The molecule has 0 heterocycles. The van der Waals surface area contributed by atoms with E-state index in [0.717, 1.165) is 0 Å². The van der Waals surface area contributed by atoms with Crippen molar-refractivity contribution >= 4 is 14.2 Å². The molecule has 0 aliphatic heterocycles. The SMILES string of the molecule is COC(=O)OC/C=C\[Si](C)(C)C. The van der Waals surface area contributed by atoms with E-state index in [0.29, 0.717) is 6.61 Å². The quantitative estimate of drug-likeness (QED) is 0.503. The van der Waals surface area contributed by atoms with Crippen LogP contribution in [0, 0.1) is 0 Å². The fourth-order valence-corrected chi connectivity index (χ4v) is 1.38. The molecule has 0 fully saturated rings. The Morgan fingerprint density at radius 3 is 2.42 bits per heavy atom. The molecule has 0 radical (unpaired) electrons. The summed E-state index contributed by atoms with van der Waals surface area (Å²) in [5, 5.41) is 0. The van der Waals surface area contributed by atoms with Crippen molar-refractivity contribution in [3.63, 3.8) is 0 Å². The maximum Gasteiger partial charge on any atom is 0.508 e. The Kier molecular flexibility index (Phi) is 4.66. The predicted octanol–water partition coefficient (Wildman–Crippen LogP) is 2.20. The lowest BCUT2D eigenvalue weighted by atomic mass is 10.7. The first kappa shape index (κ1) is 11.2. The van der Waals surface area contributed by atoms with Gasteiger partial charge in [0.2, 0.25) is 0 Å². The maximum absolute atomic E-state index is 10.5. The standard InChI is InChI=1S/C8H16O3Si/c1-10-8(9)11-6-5-7-12(2,3)4/h5,7H,6H2,1-4H3/b7-5-. The molecular weight excluding hydrogens is 172 g/mol. The van der Waals surface area contributed by atoms with Gasteiger partial charge in [-0.25, -0.2) is 4.79 Å². The Morgan fingerprint density at radius 2 is 2.00 bits per heavy atom. The van der Waals surface area contributed by atoms with Crippen molar-refractivity contribution in [3.8, 4) is 0 Å². The molecule has 0 atom stereocenters. The Balaban J connectivity index is 3.56. The maximum atomic E-state index is 10.5. The molecule has 0 rings (SSSR count). The average Bonchev–Trinajstić information content (AvgIpc) is 1.96. The highest BCUT2D eigenvalue weighted by Crippen LogP contribution is 2.01. The molecule has 0 aromatic heterocycles. The summed E-state index contributed by atoms with van der Waals surface area (Å²) in [5.41, 5.74) is 2.12. The first-order valence-corrected chi connectivity index (χ1v) is 7.42. The van der Waals surface area contributed by atoms with Crippen LogP contribution in [-0.2, 0) is 9.47 Å². The van der Waals surface area contributed by atoms with Gasteiger partial charge < -0.3 is 9.47 Å². The van der Waals surface area contributed by atoms with Gasteiger partial charge in [-0.05, 0) is 0 Å². The van der Waals surface area contributed by atoms with Crippen LogP contribution in [0.15, 0.2) is 11.8 Å². The number of carbonyl (C=O) groups is 1. The van der Waals surface area contributed by atoms with E-state index in [4.69, 9.17) is 0 Å². The summed E-state index contributed by atoms with van der Waals surface area (Å²) in [7, 11) is 0.144. The van der Waals surface area contributed by atoms with Crippen molar-refractivity contribution in [1.29, 1.82) is 0 Å². The highest BCUT2D eigenvalue weighted by atomic mass is 28.3. The van der Waals surface area contributed by atoms with Crippen LogP contribution in [0.4, 0.5) is 4.79 Å². The van der Waals surface area contributed by atoms with Crippen molar-refractivity contribution < 1.29 is 14.3 Å². The van der Waals surface area contributed by atoms with Crippen LogP contribution in [0.2, 0.25) is 19.6 Å². The minimum absolute atomic E-state index is 0.303. The van der Waals surface area contributed by atoms with Crippen LogP contribution >= 0.6 is 0 Å². The molecule has 70 valence electrons. The second kappa shape index (κ2) is 4.98. The van der Waals surface area contributed by atoms with Crippen molar-refractivity contribution in [3.05, 3.63) is 11.8 Å². The van der Waals surface area contributed by atoms with Gasteiger partial charge >= 0.3 is 6.16 Å². The number of rotatable bonds is 3. The van der Waals surface area contributed by atoms with Gasteiger partial charge in [-0.2, -0.15) is 0 Å². The third-order valence-electron chi connectivity index (χ3n) is 1.08. The van der Waals surface area contributed by atoms with Crippen molar-refractivity contribution in [1.82, 2.24) is 0 Å². The summed E-state index contributed by atoms with van der Waals surface area (Å²) in [4.78, 5) is 10.5. The first-order chi connectivity index (χ1) is 5.45. The minimum atomic E-state index is -1.15.